The van der Waals surface area contributed by atoms with E-state index in [0.29, 0.717) is 30.1 Å². The van der Waals surface area contributed by atoms with Crippen LogP contribution in [0.15, 0.2) is 29.8 Å². The number of nitrogens with two attached hydrogens (primary N) is 1. The van der Waals surface area contributed by atoms with Crippen LogP contribution in [0.2, 0.25) is 0 Å². The predicted molar refractivity (Wildman–Crippen MR) is 92.4 cm³/mol. The summed E-state index contributed by atoms with van der Waals surface area (Å²) in [6, 6.07) is 3.85. The van der Waals surface area contributed by atoms with Gasteiger partial charge in [0.15, 0.2) is 5.01 Å². The molecule has 24 heavy (non-hydrogen) atoms. The van der Waals surface area contributed by atoms with E-state index in [1.165, 1.54) is 29.5 Å². The largest absolute Gasteiger partial charge is 0.397 e. The number of nitrogens with one attached hydrogen (secondary N) is 2. The number of benzene rings is 1. The molecular weight excluding hydrogens is 331 g/mol. The van der Waals surface area contributed by atoms with Crippen molar-refractivity contribution in [3.63, 3.8) is 0 Å². The van der Waals surface area contributed by atoms with Crippen molar-refractivity contribution in [3.8, 4) is 0 Å². The first-order valence-electron chi connectivity index (χ1n) is 7.59. The highest BCUT2D eigenvalue weighted by Gasteiger charge is 2.08. The molecule has 2 rings (SSSR count). The SMILES string of the molecule is Nc1ccc(F)cc1NC(=O)CCCCCNC(=O)c1nccs1. The number of carbonyl (C=O) groups excluding carboxylic acids is 2. The molecule has 0 atom stereocenters. The molecule has 2 aromatic rings. The zero-order chi connectivity index (χ0) is 17.4. The van der Waals surface area contributed by atoms with Crippen molar-refractivity contribution in [2.75, 3.05) is 17.6 Å². The van der Waals surface area contributed by atoms with Gasteiger partial charge in [0, 0.05) is 24.5 Å². The Hall–Kier alpha value is -2.48. The Balaban J connectivity index is 1.59. The molecule has 0 saturated carbocycles. The van der Waals surface area contributed by atoms with E-state index < -0.39 is 5.82 Å². The molecule has 6 nitrogen and oxygen atoms in total. The minimum Gasteiger partial charge on any atom is -0.397 e. The Labute approximate surface area is 143 Å². The standard InChI is InChI=1S/C16H19FN4O2S/c17-11-5-6-12(18)13(10-11)21-14(22)4-2-1-3-7-19-15(23)16-20-8-9-24-16/h5-6,8-10H,1-4,7,18H2,(H,19,23)(H,21,22). The van der Waals surface area contributed by atoms with Crippen molar-refractivity contribution in [2.45, 2.75) is 25.7 Å². The number of nitrogen functional groups attached to an aromatic ring is 1. The van der Waals surface area contributed by atoms with Gasteiger partial charge >= 0.3 is 0 Å². The average molecular weight is 350 g/mol. The molecule has 2 amide bonds. The first-order valence-corrected chi connectivity index (χ1v) is 8.47. The van der Waals surface area contributed by atoms with Crippen molar-refractivity contribution >= 4 is 34.5 Å². The zero-order valence-electron chi connectivity index (χ0n) is 13.0. The summed E-state index contributed by atoms with van der Waals surface area (Å²) >= 11 is 1.29. The van der Waals surface area contributed by atoms with Crippen LogP contribution in [-0.2, 0) is 4.79 Å². The van der Waals surface area contributed by atoms with Gasteiger partial charge < -0.3 is 16.4 Å². The van der Waals surface area contributed by atoms with E-state index in [2.05, 4.69) is 15.6 Å². The Morgan fingerprint density at radius 2 is 2.08 bits per heavy atom. The van der Waals surface area contributed by atoms with Gasteiger partial charge in [-0.1, -0.05) is 6.42 Å². The van der Waals surface area contributed by atoms with E-state index in [0.717, 1.165) is 12.8 Å². The molecule has 128 valence electrons. The highest BCUT2D eigenvalue weighted by atomic mass is 32.1. The second-order valence-electron chi connectivity index (χ2n) is 5.18. The Morgan fingerprint density at radius 3 is 2.83 bits per heavy atom. The van der Waals surface area contributed by atoms with Crippen LogP contribution >= 0.6 is 11.3 Å². The minimum atomic E-state index is -0.449. The molecule has 0 radical (unpaired) electrons. The Kier molecular flexibility index (Phi) is 6.68. The van der Waals surface area contributed by atoms with Crippen molar-refractivity contribution < 1.29 is 14.0 Å². The van der Waals surface area contributed by atoms with E-state index in [1.54, 1.807) is 11.6 Å². The number of carbonyl (C=O) groups is 2. The van der Waals surface area contributed by atoms with Crippen LogP contribution in [0.25, 0.3) is 0 Å². The summed E-state index contributed by atoms with van der Waals surface area (Å²) in [5, 5.41) is 7.57. The summed E-state index contributed by atoms with van der Waals surface area (Å²) in [4.78, 5) is 27.4. The molecule has 0 aliphatic heterocycles. The molecule has 0 aliphatic carbocycles. The molecule has 0 bridgehead atoms. The summed E-state index contributed by atoms with van der Waals surface area (Å²) in [6.45, 7) is 0.539. The molecule has 8 heteroatoms. The lowest BCUT2D eigenvalue weighted by atomic mass is 10.2. The topological polar surface area (TPSA) is 97.1 Å². The fourth-order valence-corrected chi connectivity index (χ4v) is 2.60. The van der Waals surface area contributed by atoms with Crippen molar-refractivity contribution in [1.29, 1.82) is 0 Å². The van der Waals surface area contributed by atoms with Gasteiger partial charge in [0.25, 0.3) is 5.91 Å². The number of hydrogen-bond donors (Lipinski definition) is 3. The van der Waals surface area contributed by atoms with E-state index >= 15 is 0 Å². The number of halogens is 1. The predicted octanol–water partition coefficient (Wildman–Crippen LogP) is 2.79. The van der Waals surface area contributed by atoms with Gasteiger partial charge in [0.1, 0.15) is 5.82 Å². The Bertz CT molecular complexity index is 691. The number of nitrogens with zero attached hydrogens (tertiary/aromatic N) is 1. The van der Waals surface area contributed by atoms with Gasteiger partial charge in [0.05, 0.1) is 11.4 Å². The van der Waals surface area contributed by atoms with Crippen LogP contribution in [0.1, 0.15) is 35.5 Å². The molecule has 0 unspecified atom stereocenters. The lowest BCUT2D eigenvalue weighted by Crippen LogP contribution is -2.24. The van der Waals surface area contributed by atoms with Crippen molar-refractivity contribution in [3.05, 3.63) is 40.6 Å². The van der Waals surface area contributed by atoms with E-state index in [-0.39, 0.29) is 17.5 Å². The quantitative estimate of drug-likeness (QED) is 0.504. The molecule has 0 fully saturated rings. The van der Waals surface area contributed by atoms with Gasteiger partial charge in [-0.25, -0.2) is 9.37 Å². The molecule has 4 N–H and O–H groups in total. The summed E-state index contributed by atoms with van der Waals surface area (Å²) in [5.74, 6) is -0.834. The van der Waals surface area contributed by atoms with Gasteiger partial charge in [-0.2, -0.15) is 0 Å². The second kappa shape index (κ2) is 8.97. The molecule has 1 aromatic carbocycles. The monoisotopic (exact) mass is 350 g/mol. The number of rotatable bonds is 8. The van der Waals surface area contributed by atoms with E-state index in [9.17, 15) is 14.0 Å². The normalized spacial score (nSPS) is 10.4. The van der Waals surface area contributed by atoms with Crippen molar-refractivity contribution in [1.82, 2.24) is 10.3 Å². The number of unbranched alkanes of at least 4 members (excludes halogenated alkanes) is 2. The number of aromatic nitrogens is 1. The fraction of sp³-hybridized carbons (Fsp3) is 0.312. The second-order valence-corrected chi connectivity index (χ2v) is 6.08. The highest BCUT2D eigenvalue weighted by Crippen LogP contribution is 2.19. The minimum absolute atomic E-state index is 0.177. The lowest BCUT2D eigenvalue weighted by Gasteiger charge is -2.08. The molecule has 0 aliphatic rings. The van der Waals surface area contributed by atoms with Crippen LogP contribution in [-0.4, -0.2) is 23.3 Å². The molecule has 1 heterocycles. The fourth-order valence-electron chi connectivity index (χ4n) is 2.05. The summed E-state index contributed by atoms with van der Waals surface area (Å²) in [6.07, 6.45) is 4.14. The van der Waals surface area contributed by atoms with E-state index in [4.69, 9.17) is 5.73 Å². The van der Waals surface area contributed by atoms with Crippen LogP contribution in [0.4, 0.5) is 15.8 Å². The molecular formula is C16H19FN4O2S. The molecule has 1 aromatic heterocycles. The third kappa shape index (κ3) is 5.62. The van der Waals surface area contributed by atoms with Crippen molar-refractivity contribution in [2.24, 2.45) is 0 Å². The first kappa shape index (κ1) is 17.9. The number of thiazole rings is 1. The number of amides is 2. The van der Waals surface area contributed by atoms with Crippen LogP contribution in [0.5, 0.6) is 0 Å². The summed E-state index contributed by atoms with van der Waals surface area (Å²) in [5.41, 5.74) is 6.29. The maximum atomic E-state index is 13.1. The number of anilines is 2. The maximum Gasteiger partial charge on any atom is 0.280 e. The average Bonchev–Trinajstić information content (AvgIpc) is 3.08. The van der Waals surface area contributed by atoms with Gasteiger partial charge in [-0.05, 0) is 31.0 Å². The van der Waals surface area contributed by atoms with Gasteiger partial charge in [0.2, 0.25) is 5.91 Å². The van der Waals surface area contributed by atoms with Crippen LogP contribution in [0.3, 0.4) is 0 Å². The summed E-state index contributed by atoms with van der Waals surface area (Å²) in [7, 11) is 0. The third-order valence-electron chi connectivity index (χ3n) is 3.28. The van der Waals surface area contributed by atoms with Crippen LogP contribution < -0.4 is 16.4 Å². The highest BCUT2D eigenvalue weighted by molar-refractivity contribution is 7.11. The number of hydrogen-bond acceptors (Lipinski definition) is 5. The van der Waals surface area contributed by atoms with Crippen LogP contribution in [0, 0.1) is 5.82 Å². The van der Waals surface area contributed by atoms with E-state index in [1.807, 2.05) is 0 Å². The summed E-state index contributed by atoms with van der Waals surface area (Å²) < 4.78 is 13.1. The third-order valence-corrected chi connectivity index (χ3v) is 4.05. The smallest absolute Gasteiger partial charge is 0.280 e. The van der Waals surface area contributed by atoms with Gasteiger partial charge in [-0.3, -0.25) is 9.59 Å². The molecule has 0 saturated heterocycles. The first-order chi connectivity index (χ1) is 11.6. The molecule has 0 spiro atoms. The Morgan fingerprint density at radius 1 is 1.25 bits per heavy atom. The maximum absolute atomic E-state index is 13.1. The van der Waals surface area contributed by atoms with Gasteiger partial charge in [-0.15, -0.1) is 11.3 Å². The zero-order valence-corrected chi connectivity index (χ0v) is 13.9. The lowest BCUT2D eigenvalue weighted by molar-refractivity contribution is -0.116.